The topological polar surface area (TPSA) is 31.2 Å². The van der Waals surface area contributed by atoms with Crippen LogP contribution in [0.1, 0.15) is 4.79 Å². The maximum atomic E-state index is 11.7. The molecule has 2 rings (SSSR count). The van der Waals surface area contributed by atoms with Gasteiger partial charge in [0, 0.05) is 30.1 Å². The molecule has 1 heterocycles. The Morgan fingerprint density at radius 2 is 2.11 bits per heavy atom. The third kappa shape index (κ3) is 2.75. The standard InChI is InChI=1S/C13H11Cl2NO2/c1-18-8-13(17)16-6-11(12(15)7-16)9-3-2-4-10(14)5-9/h2-7H,8H2,1H3. The first-order valence-corrected chi connectivity index (χ1v) is 6.03. The van der Waals surface area contributed by atoms with Crippen molar-refractivity contribution in [3.05, 3.63) is 46.7 Å². The van der Waals surface area contributed by atoms with Crippen molar-refractivity contribution in [2.24, 2.45) is 0 Å². The van der Waals surface area contributed by atoms with Crippen molar-refractivity contribution in [1.29, 1.82) is 0 Å². The lowest BCUT2D eigenvalue weighted by Crippen LogP contribution is -2.14. The Labute approximate surface area is 115 Å². The minimum absolute atomic E-state index is 0.0139. The summed E-state index contributed by atoms with van der Waals surface area (Å²) in [5, 5.41) is 1.13. The van der Waals surface area contributed by atoms with E-state index in [1.165, 1.54) is 11.7 Å². The Morgan fingerprint density at radius 3 is 2.78 bits per heavy atom. The first-order valence-electron chi connectivity index (χ1n) is 5.27. The van der Waals surface area contributed by atoms with Gasteiger partial charge in [0.2, 0.25) is 0 Å². The number of hydrogen-bond donors (Lipinski definition) is 0. The second-order valence-corrected chi connectivity index (χ2v) is 4.61. The highest BCUT2D eigenvalue weighted by Gasteiger charge is 2.11. The zero-order valence-electron chi connectivity index (χ0n) is 9.69. The largest absolute Gasteiger partial charge is 0.375 e. The van der Waals surface area contributed by atoms with E-state index in [0.717, 1.165) is 11.1 Å². The smallest absolute Gasteiger partial charge is 0.256 e. The molecular formula is C13H11Cl2NO2. The van der Waals surface area contributed by atoms with Gasteiger partial charge < -0.3 is 4.74 Å². The van der Waals surface area contributed by atoms with Crippen LogP contribution in [-0.4, -0.2) is 24.2 Å². The zero-order chi connectivity index (χ0) is 13.1. The Balaban J connectivity index is 2.38. The van der Waals surface area contributed by atoms with Gasteiger partial charge in [0.1, 0.15) is 6.61 Å². The molecule has 94 valence electrons. The average molecular weight is 284 g/mol. The summed E-state index contributed by atoms with van der Waals surface area (Å²) in [5.74, 6) is -0.173. The third-order valence-electron chi connectivity index (χ3n) is 2.47. The van der Waals surface area contributed by atoms with Crippen molar-refractivity contribution in [2.45, 2.75) is 0 Å². The highest BCUT2D eigenvalue weighted by Crippen LogP contribution is 2.30. The van der Waals surface area contributed by atoms with Crippen LogP contribution in [-0.2, 0) is 4.74 Å². The van der Waals surface area contributed by atoms with E-state index in [1.807, 2.05) is 12.1 Å². The Bertz CT molecular complexity index is 578. The quantitative estimate of drug-likeness (QED) is 0.859. The first kappa shape index (κ1) is 13.1. The summed E-state index contributed by atoms with van der Waals surface area (Å²) < 4.78 is 6.22. The van der Waals surface area contributed by atoms with Gasteiger partial charge in [0.15, 0.2) is 0 Å². The number of hydrogen-bond acceptors (Lipinski definition) is 2. The molecule has 0 saturated carbocycles. The average Bonchev–Trinajstić information content (AvgIpc) is 2.72. The van der Waals surface area contributed by atoms with Crippen LogP contribution in [0.25, 0.3) is 11.1 Å². The molecule has 0 unspecified atom stereocenters. The molecule has 18 heavy (non-hydrogen) atoms. The predicted molar refractivity (Wildman–Crippen MR) is 72.4 cm³/mol. The second-order valence-electron chi connectivity index (χ2n) is 3.76. The summed E-state index contributed by atoms with van der Waals surface area (Å²) in [6.07, 6.45) is 3.24. The highest BCUT2D eigenvalue weighted by molar-refractivity contribution is 6.34. The van der Waals surface area contributed by atoms with E-state index in [1.54, 1.807) is 24.5 Å². The van der Waals surface area contributed by atoms with Gasteiger partial charge in [-0.25, -0.2) is 0 Å². The first-order chi connectivity index (χ1) is 8.61. The summed E-state index contributed by atoms with van der Waals surface area (Å²) in [6.45, 7) is 0.0139. The predicted octanol–water partition coefficient (Wildman–Crippen LogP) is 3.75. The van der Waals surface area contributed by atoms with Crippen LogP contribution in [0.15, 0.2) is 36.7 Å². The fourth-order valence-electron chi connectivity index (χ4n) is 1.64. The van der Waals surface area contributed by atoms with Crippen LogP contribution in [0, 0.1) is 0 Å². The van der Waals surface area contributed by atoms with E-state index in [-0.39, 0.29) is 12.5 Å². The number of halogens is 2. The normalized spacial score (nSPS) is 10.6. The number of carbonyl (C=O) groups is 1. The van der Waals surface area contributed by atoms with Crippen molar-refractivity contribution in [3.63, 3.8) is 0 Å². The Hall–Kier alpha value is -1.29. The van der Waals surface area contributed by atoms with E-state index in [0.29, 0.717) is 10.0 Å². The van der Waals surface area contributed by atoms with E-state index in [9.17, 15) is 4.79 Å². The van der Waals surface area contributed by atoms with Crippen LogP contribution in [0.4, 0.5) is 0 Å². The monoisotopic (exact) mass is 283 g/mol. The van der Waals surface area contributed by atoms with Crippen LogP contribution in [0.2, 0.25) is 10.0 Å². The number of carbonyl (C=O) groups excluding carboxylic acids is 1. The molecule has 0 spiro atoms. The SMILES string of the molecule is COCC(=O)n1cc(Cl)c(-c2cccc(Cl)c2)c1. The van der Waals surface area contributed by atoms with Crippen LogP contribution < -0.4 is 0 Å². The molecule has 0 amide bonds. The molecule has 0 aliphatic heterocycles. The fourth-order valence-corrected chi connectivity index (χ4v) is 2.09. The molecule has 1 aromatic carbocycles. The van der Waals surface area contributed by atoms with Crippen LogP contribution in [0.3, 0.4) is 0 Å². The van der Waals surface area contributed by atoms with Gasteiger partial charge in [-0.15, -0.1) is 0 Å². The molecular weight excluding hydrogens is 273 g/mol. The number of benzene rings is 1. The van der Waals surface area contributed by atoms with Crippen molar-refractivity contribution in [1.82, 2.24) is 4.57 Å². The Morgan fingerprint density at radius 1 is 1.33 bits per heavy atom. The zero-order valence-corrected chi connectivity index (χ0v) is 11.2. The minimum Gasteiger partial charge on any atom is -0.375 e. The number of nitrogens with zero attached hydrogens (tertiary/aromatic N) is 1. The van der Waals surface area contributed by atoms with E-state index in [4.69, 9.17) is 27.9 Å². The van der Waals surface area contributed by atoms with Crippen molar-refractivity contribution >= 4 is 29.1 Å². The van der Waals surface area contributed by atoms with E-state index >= 15 is 0 Å². The lowest BCUT2D eigenvalue weighted by Gasteiger charge is -2.00. The van der Waals surface area contributed by atoms with Gasteiger partial charge in [-0.05, 0) is 17.7 Å². The highest BCUT2D eigenvalue weighted by atomic mass is 35.5. The molecule has 3 nitrogen and oxygen atoms in total. The number of methoxy groups -OCH3 is 1. The molecule has 0 N–H and O–H groups in total. The number of rotatable bonds is 3. The molecule has 2 aromatic rings. The van der Waals surface area contributed by atoms with E-state index < -0.39 is 0 Å². The molecule has 5 heteroatoms. The van der Waals surface area contributed by atoms with Crippen LogP contribution in [0.5, 0.6) is 0 Å². The maximum Gasteiger partial charge on any atom is 0.256 e. The molecule has 0 aliphatic rings. The lowest BCUT2D eigenvalue weighted by molar-refractivity contribution is 0.0762. The fraction of sp³-hybridized carbons (Fsp3) is 0.154. The molecule has 0 aliphatic carbocycles. The summed E-state index contributed by atoms with van der Waals surface area (Å²) in [4.78, 5) is 11.7. The van der Waals surface area contributed by atoms with Gasteiger partial charge in [-0.3, -0.25) is 9.36 Å². The minimum atomic E-state index is -0.173. The van der Waals surface area contributed by atoms with Crippen LogP contribution >= 0.6 is 23.2 Å². The van der Waals surface area contributed by atoms with Gasteiger partial charge in [-0.2, -0.15) is 0 Å². The lowest BCUT2D eigenvalue weighted by atomic mass is 10.1. The van der Waals surface area contributed by atoms with Crippen molar-refractivity contribution in [3.8, 4) is 11.1 Å². The molecule has 0 bridgehead atoms. The number of aromatic nitrogens is 1. The summed E-state index contributed by atoms with van der Waals surface area (Å²) >= 11 is 12.0. The second kappa shape index (κ2) is 5.57. The molecule has 0 atom stereocenters. The van der Waals surface area contributed by atoms with Gasteiger partial charge >= 0.3 is 0 Å². The summed E-state index contributed by atoms with van der Waals surface area (Å²) in [6, 6.07) is 7.31. The molecule has 0 fully saturated rings. The third-order valence-corrected chi connectivity index (χ3v) is 3.01. The molecule has 0 saturated heterocycles. The summed E-state index contributed by atoms with van der Waals surface area (Å²) in [5.41, 5.74) is 1.64. The summed E-state index contributed by atoms with van der Waals surface area (Å²) in [7, 11) is 1.47. The number of ether oxygens (including phenoxy) is 1. The van der Waals surface area contributed by atoms with Gasteiger partial charge in [-0.1, -0.05) is 35.3 Å². The Kier molecular flexibility index (Phi) is 4.07. The van der Waals surface area contributed by atoms with E-state index in [2.05, 4.69) is 0 Å². The van der Waals surface area contributed by atoms with Gasteiger partial charge in [0.05, 0.1) is 5.02 Å². The van der Waals surface area contributed by atoms with Crippen molar-refractivity contribution < 1.29 is 9.53 Å². The molecule has 0 radical (unpaired) electrons. The van der Waals surface area contributed by atoms with Gasteiger partial charge in [0.25, 0.3) is 5.91 Å². The van der Waals surface area contributed by atoms with Crippen molar-refractivity contribution in [2.75, 3.05) is 13.7 Å². The molecule has 1 aromatic heterocycles. The maximum absolute atomic E-state index is 11.7.